The lowest BCUT2D eigenvalue weighted by Gasteiger charge is -2.17. The predicted octanol–water partition coefficient (Wildman–Crippen LogP) is 3.03. The fourth-order valence-corrected chi connectivity index (χ4v) is 2.75. The highest BCUT2D eigenvalue weighted by Crippen LogP contribution is 2.33. The summed E-state index contributed by atoms with van der Waals surface area (Å²) >= 11 is 0. The number of nitrogens with one attached hydrogen (secondary N) is 1. The van der Waals surface area contributed by atoms with E-state index in [2.05, 4.69) is 41.2 Å². The Balaban J connectivity index is 2.01. The van der Waals surface area contributed by atoms with E-state index >= 15 is 0 Å². The molecule has 100 valence electrons. The van der Waals surface area contributed by atoms with Crippen molar-refractivity contribution < 1.29 is 0 Å². The highest BCUT2D eigenvalue weighted by molar-refractivity contribution is 5.78. The third-order valence-electron chi connectivity index (χ3n) is 3.72. The lowest BCUT2D eigenvalue weighted by Crippen LogP contribution is -2.06. The van der Waals surface area contributed by atoms with Crippen LogP contribution in [-0.2, 0) is 6.42 Å². The second kappa shape index (κ2) is 4.86. The quantitative estimate of drug-likeness (QED) is 0.875. The van der Waals surface area contributed by atoms with Crippen LogP contribution in [0.2, 0.25) is 0 Å². The number of hydrogen-bond acceptors (Lipinski definition) is 3. The van der Waals surface area contributed by atoms with E-state index in [0.29, 0.717) is 17.3 Å². The van der Waals surface area contributed by atoms with Crippen molar-refractivity contribution in [3.63, 3.8) is 0 Å². The Hall–Kier alpha value is -2.54. The van der Waals surface area contributed by atoms with Crippen LogP contribution < -0.4 is 5.73 Å². The molecule has 0 bridgehead atoms. The van der Waals surface area contributed by atoms with E-state index in [1.807, 2.05) is 0 Å². The van der Waals surface area contributed by atoms with E-state index in [9.17, 15) is 5.26 Å². The van der Waals surface area contributed by atoms with Crippen molar-refractivity contribution in [1.29, 1.82) is 5.26 Å². The smallest absolute Gasteiger partial charge is 0.119 e. The zero-order valence-corrected chi connectivity index (χ0v) is 11.4. The molecule has 2 heterocycles. The molecule has 2 aliphatic heterocycles. The number of nitrogens with two attached hydrogens (primary N) is 1. The number of rotatable bonds is 2. The minimum atomic E-state index is 0.419. The molecule has 0 amide bonds. The van der Waals surface area contributed by atoms with E-state index in [-0.39, 0.29) is 0 Å². The standard InChI is InChI=1S/C16H16N4/c1-10-3-2-4-11(5-10)6-15-14-9-19-8-13(14)12(7-17)16(18)20-15/h2-4,8-10,20H,5-6,18H2,1H3. The number of hydrogen-bond donors (Lipinski definition) is 2. The number of nitriles is 1. The van der Waals surface area contributed by atoms with Crippen LogP contribution in [0.5, 0.6) is 0 Å². The third kappa shape index (κ3) is 2.08. The summed E-state index contributed by atoms with van der Waals surface area (Å²) in [6.07, 6.45) is 11.8. The lowest BCUT2D eigenvalue weighted by molar-refractivity contribution is 0.691. The molecule has 3 rings (SSSR count). The normalized spacial score (nSPS) is 18.0. The summed E-state index contributed by atoms with van der Waals surface area (Å²) in [5.41, 5.74) is 10.6. The molecule has 0 radical (unpaired) electrons. The molecule has 1 unspecified atom stereocenters. The molecule has 0 aromatic carbocycles. The maximum Gasteiger partial charge on any atom is 0.119 e. The Morgan fingerprint density at radius 1 is 1.45 bits per heavy atom. The molecule has 0 spiro atoms. The minimum Gasteiger partial charge on any atom is -0.384 e. The zero-order valence-electron chi connectivity index (χ0n) is 11.4. The number of pyridine rings is 1. The van der Waals surface area contributed by atoms with E-state index in [4.69, 9.17) is 5.73 Å². The Morgan fingerprint density at radius 2 is 2.25 bits per heavy atom. The lowest BCUT2D eigenvalue weighted by atomic mass is 9.91. The van der Waals surface area contributed by atoms with Gasteiger partial charge in [-0.05, 0) is 12.3 Å². The van der Waals surface area contributed by atoms with Crippen LogP contribution in [0.1, 0.15) is 24.6 Å². The van der Waals surface area contributed by atoms with Gasteiger partial charge in [0.25, 0.3) is 0 Å². The zero-order chi connectivity index (χ0) is 14.1. The number of fused-ring (bicyclic) bond motifs is 1. The molecule has 1 aliphatic carbocycles. The number of allylic oxidation sites excluding steroid dienone is 4. The van der Waals surface area contributed by atoms with Crippen molar-refractivity contribution in [3.8, 4) is 17.2 Å². The second-order valence-electron chi connectivity index (χ2n) is 5.31. The molecule has 0 saturated carbocycles. The van der Waals surface area contributed by atoms with Crippen LogP contribution in [0.3, 0.4) is 0 Å². The first-order valence-corrected chi connectivity index (χ1v) is 6.69. The molecule has 4 heteroatoms. The molecular weight excluding hydrogens is 248 g/mol. The molecule has 3 N–H and O–H groups in total. The van der Waals surface area contributed by atoms with Crippen LogP contribution in [0.25, 0.3) is 11.1 Å². The molecule has 1 atom stereocenters. The van der Waals surface area contributed by atoms with Gasteiger partial charge in [0.1, 0.15) is 17.5 Å². The highest BCUT2D eigenvalue weighted by Gasteiger charge is 2.19. The molecular formula is C16H16N4. The number of aromatic amines is 1. The highest BCUT2D eigenvalue weighted by atomic mass is 14.9. The van der Waals surface area contributed by atoms with E-state index in [1.54, 1.807) is 12.4 Å². The van der Waals surface area contributed by atoms with Gasteiger partial charge in [-0.25, -0.2) is 0 Å². The van der Waals surface area contributed by atoms with Crippen molar-refractivity contribution in [3.05, 3.63) is 47.5 Å². The SMILES string of the molecule is CC1C=CC=C(Cc2[nH]c(N)c(C#N)c3cncc2-3)C1. The Morgan fingerprint density at radius 3 is 3.00 bits per heavy atom. The minimum absolute atomic E-state index is 0.419. The van der Waals surface area contributed by atoms with Crippen LogP contribution >= 0.6 is 0 Å². The average molecular weight is 264 g/mol. The predicted molar refractivity (Wildman–Crippen MR) is 79.0 cm³/mol. The Kier molecular flexibility index (Phi) is 3.03. The summed E-state index contributed by atoms with van der Waals surface area (Å²) in [5.74, 6) is 0.988. The first-order valence-electron chi connectivity index (χ1n) is 6.69. The fourth-order valence-electron chi connectivity index (χ4n) is 2.75. The van der Waals surface area contributed by atoms with Gasteiger partial charge < -0.3 is 10.7 Å². The van der Waals surface area contributed by atoms with Crippen LogP contribution in [0.4, 0.5) is 5.82 Å². The van der Waals surface area contributed by atoms with E-state index < -0.39 is 0 Å². The summed E-state index contributed by atoms with van der Waals surface area (Å²) in [4.78, 5) is 7.33. The van der Waals surface area contributed by atoms with Crippen LogP contribution in [0, 0.1) is 17.2 Å². The van der Waals surface area contributed by atoms with Crippen molar-refractivity contribution in [2.45, 2.75) is 19.8 Å². The van der Waals surface area contributed by atoms with Crippen LogP contribution in [0.15, 0.2) is 36.2 Å². The van der Waals surface area contributed by atoms with Gasteiger partial charge >= 0.3 is 0 Å². The maximum absolute atomic E-state index is 9.18. The van der Waals surface area contributed by atoms with Gasteiger partial charge in [-0.1, -0.05) is 30.7 Å². The monoisotopic (exact) mass is 264 g/mol. The van der Waals surface area contributed by atoms with Crippen molar-refractivity contribution in [1.82, 2.24) is 9.97 Å². The second-order valence-corrected chi connectivity index (χ2v) is 5.31. The van der Waals surface area contributed by atoms with Crippen molar-refractivity contribution in [2.24, 2.45) is 5.92 Å². The first-order chi connectivity index (χ1) is 9.69. The number of aromatic nitrogens is 2. The molecule has 4 nitrogen and oxygen atoms in total. The molecule has 20 heavy (non-hydrogen) atoms. The van der Waals surface area contributed by atoms with Gasteiger partial charge in [0.2, 0.25) is 0 Å². The molecule has 0 fully saturated rings. The summed E-state index contributed by atoms with van der Waals surface area (Å²) in [6, 6.07) is 2.14. The van der Waals surface area contributed by atoms with Gasteiger partial charge in [0.05, 0.1) is 0 Å². The van der Waals surface area contributed by atoms with Crippen molar-refractivity contribution in [2.75, 3.05) is 5.73 Å². The maximum atomic E-state index is 9.18. The Bertz CT molecular complexity index is 715. The molecule has 0 aromatic heterocycles. The molecule has 0 saturated heterocycles. The summed E-state index contributed by atoms with van der Waals surface area (Å²) in [7, 11) is 0. The first kappa shape index (κ1) is 12.5. The number of H-pyrrole nitrogens is 1. The topological polar surface area (TPSA) is 78.5 Å². The average Bonchev–Trinajstić information content (AvgIpc) is 2.88. The summed E-state index contributed by atoms with van der Waals surface area (Å²) in [6.45, 7) is 2.21. The van der Waals surface area contributed by atoms with Crippen LogP contribution in [-0.4, -0.2) is 9.97 Å². The van der Waals surface area contributed by atoms with Gasteiger partial charge in [-0.3, -0.25) is 4.98 Å². The van der Waals surface area contributed by atoms with Gasteiger partial charge in [0, 0.05) is 35.6 Å². The van der Waals surface area contributed by atoms with Gasteiger partial charge in [-0.15, -0.1) is 0 Å². The summed E-state index contributed by atoms with van der Waals surface area (Å²) in [5, 5.41) is 9.18. The largest absolute Gasteiger partial charge is 0.384 e. The summed E-state index contributed by atoms with van der Waals surface area (Å²) < 4.78 is 0. The Labute approximate surface area is 118 Å². The number of anilines is 1. The molecule has 0 aromatic rings. The van der Waals surface area contributed by atoms with Gasteiger partial charge in [0.15, 0.2) is 0 Å². The van der Waals surface area contributed by atoms with Gasteiger partial charge in [-0.2, -0.15) is 5.26 Å². The van der Waals surface area contributed by atoms with E-state index in [0.717, 1.165) is 29.7 Å². The molecule has 3 aliphatic rings. The number of nitrogens with zero attached hydrogens (tertiary/aromatic N) is 2. The van der Waals surface area contributed by atoms with E-state index in [1.165, 1.54) is 5.57 Å². The number of nitrogen functional groups attached to an aromatic ring is 1. The third-order valence-corrected chi connectivity index (χ3v) is 3.72. The van der Waals surface area contributed by atoms with Crippen molar-refractivity contribution >= 4 is 5.82 Å². The fraction of sp³-hybridized carbons (Fsp3) is 0.250.